The number of carbonyl (C=O) groups excluding carboxylic acids is 2. The van der Waals surface area contributed by atoms with Gasteiger partial charge in [0.25, 0.3) is 5.91 Å². The molecule has 0 heterocycles. The van der Waals surface area contributed by atoms with Gasteiger partial charge in [-0.1, -0.05) is 0 Å². The predicted molar refractivity (Wildman–Crippen MR) is 85.5 cm³/mol. The Hall–Kier alpha value is -2.00. The van der Waals surface area contributed by atoms with Gasteiger partial charge < -0.3 is 10.1 Å². The average molecular weight is 360 g/mol. The molecule has 0 aliphatic rings. The lowest BCUT2D eigenvalue weighted by molar-refractivity contribution is -0.125. The minimum Gasteiger partial charge on any atom is -0.452 e. The molecule has 0 bridgehead atoms. The van der Waals surface area contributed by atoms with E-state index in [9.17, 15) is 22.4 Å². The van der Waals surface area contributed by atoms with Crippen molar-refractivity contribution in [1.82, 2.24) is 9.62 Å². The van der Waals surface area contributed by atoms with Crippen molar-refractivity contribution >= 4 is 21.9 Å². The molecule has 1 rings (SSSR count). The van der Waals surface area contributed by atoms with Crippen LogP contribution in [0, 0.1) is 5.82 Å². The maximum Gasteiger partial charge on any atom is 0.341 e. The molecule has 0 atom stereocenters. The Morgan fingerprint density at radius 2 is 1.83 bits per heavy atom. The van der Waals surface area contributed by atoms with E-state index in [1.165, 1.54) is 14.1 Å². The fraction of sp³-hybridized carbons (Fsp3) is 0.467. The summed E-state index contributed by atoms with van der Waals surface area (Å²) >= 11 is 0. The monoisotopic (exact) mass is 360 g/mol. The first kappa shape index (κ1) is 20.0. The lowest BCUT2D eigenvalue weighted by atomic mass is 10.1. The van der Waals surface area contributed by atoms with Crippen LogP contribution in [0.3, 0.4) is 0 Å². The van der Waals surface area contributed by atoms with Crippen LogP contribution < -0.4 is 5.32 Å². The Balaban J connectivity index is 2.94. The van der Waals surface area contributed by atoms with E-state index in [2.05, 4.69) is 5.32 Å². The highest BCUT2D eigenvalue weighted by Gasteiger charge is 2.23. The summed E-state index contributed by atoms with van der Waals surface area (Å²) < 4.78 is 43.5. The van der Waals surface area contributed by atoms with Crippen molar-refractivity contribution < 1.29 is 27.1 Å². The van der Waals surface area contributed by atoms with Crippen LogP contribution in [-0.2, 0) is 19.6 Å². The van der Waals surface area contributed by atoms with E-state index in [4.69, 9.17) is 4.74 Å². The summed E-state index contributed by atoms with van der Waals surface area (Å²) in [5.74, 6) is -2.60. The van der Waals surface area contributed by atoms with Crippen molar-refractivity contribution in [2.24, 2.45) is 0 Å². The molecule has 0 saturated carbocycles. The van der Waals surface area contributed by atoms with Crippen LogP contribution >= 0.6 is 0 Å². The topological polar surface area (TPSA) is 92.8 Å². The third-order valence-electron chi connectivity index (χ3n) is 2.79. The summed E-state index contributed by atoms with van der Waals surface area (Å²) in [6.07, 6.45) is 0. The molecule has 1 amide bonds. The molecule has 0 spiro atoms. The Kier molecular flexibility index (Phi) is 6.07. The lowest BCUT2D eigenvalue weighted by Crippen LogP contribution is -2.42. The van der Waals surface area contributed by atoms with E-state index in [1.54, 1.807) is 20.8 Å². The van der Waals surface area contributed by atoms with E-state index in [-0.39, 0.29) is 4.90 Å². The Morgan fingerprint density at radius 1 is 1.25 bits per heavy atom. The number of hydrogen-bond acceptors (Lipinski definition) is 5. The summed E-state index contributed by atoms with van der Waals surface area (Å²) in [6, 6.07) is 2.80. The fourth-order valence-corrected chi connectivity index (χ4v) is 2.62. The number of hydrogen-bond donors (Lipinski definition) is 1. The van der Waals surface area contributed by atoms with Gasteiger partial charge in [-0.15, -0.1) is 0 Å². The third kappa shape index (κ3) is 5.27. The second-order valence-electron chi connectivity index (χ2n) is 6.30. The van der Waals surface area contributed by atoms with E-state index in [0.717, 1.165) is 22.5 Å². The number of benzene rings is 1. The van der Waals surface area contributed by atoms with Crippen LogP contribution in [0.15, 0.2) is 23.1 Å². The highest BCUT2D eigenvalue weighted by molar-refractivity contribution is 7.89. The zero-order chi connectivity index (χ0) is 18.7. The molecule has 24 heavy (non-hydrogen) atoms. The summed E-state index contributed by atoms with van der Waals surface area (Å²) in [5.41, 5.74) is -1.06. The molecule has 0 radical (unpaired) electrons. The van der Waals surface area contributed by atoms with Crippen molar-refractivity contribution in [3.8, 4) is 0 Å². The van der Waals surface area contributed by atoms with Gasteiger partial charge in [-0.05, 0) is 39.0 Å². The van der Waals surface area contributed by atoms with Gasteiger partial charge in [-0.3, -0.25) is 4.79 Å². The first-order valence-electron chi connectivity index (χ1n) is 7.05. The SMILES string of the molecule is CN(C)S(=O)(=O)c1ccc(F)c(C(=O)OCC(=O)NC(C)(C)C)c1. The number of ether oxygens (including phenoxy) is 1. The fourth-order valence-electron chi connectivity index (χ4n) is 1.70. The van der Waals surface area contributed by atoms with Gasteiger partial charge in [0.15, 0.2) is 6.61 Å². The van der Waals surface area contributed by atoms with Crippen molar-refractivity contribution in [2.45, 2.75) is 31.2 Å². The molecule has 1 aromatic rings. The summed E-state index contributed by atoms with van der Waals surface area (Å²) in [7, 11) is -1.20. The number of amides is 1. The quantitative estimate of drug-likeness (QED) is 0.795. The predicted octanol–water partition coefficient (Wildman–Crippen LogP) is 1.15. The Morgan fingerprint density at radius 3 is 2.33 bits per heavy atom. The number of nitrogens with one attached hydrogen (secondary N) is 1. The number of rotatable bonds is 5. The van der Waals surface area contributed by atoms with Crippen LogP contribution in [0.5, 0.6) is 0 Å². The van der Waals surface area contributed by atoms with E-state index >= 15 is 0 Å². The second kappa shape index (κ2) is 7.27. The van der Waals surface area contributed by atoms with Crippen molar-refractivity contribution in [3.05, 3.63) is 29.6 Å². The van der Waals surface area contributed by atoms with Crippen molar-refractivity contribution in [3.63, 3.8) is 0 Å². The highest BCUT2D eigenvalue weighted by Crippen LogP contribution is 2.18. The Bertz CT molecular complexity index is 739. The molecule has 0 unspecified atom stereocenters. The van der Waals surface area contributed by atoms with Gasteiger partial charge >= 0.3 is 5.97 Å². The molecule has 9 heteroatoms. The molecule has 0 saturated heterocycles. The molecule has 134 valence electrons. The smallest absolute Gasteiger partial charge is 0.341 e. The number of sulfonamides is 1. The molecule has 0 aliphatic carbocycles. The summed E-state index contributed by atoms with van der Waals surface area (Å²) in [5, 5.41) is 2.58. The number of carbonyl (C=O) groups is 2. The second-order valence-corrected chi connectivity index (χ2v) is 8.46. The van der Waals surface area contributed by atoms with Gasteiger partial charge in [0.1, 0.15) is 5.82 Å². The molecular weight excluding hydrogens is 339 g/mol. The molecule has 1 N–H and O–H groups in total. The maximum absolute atomic E-state index is 13.8. The van der Waals surface area contributed by atoms with Gasteiger partial charge in [-0.25, -0.2) is 21.9 Å². The van der Waals surface area contributed by atoms with Crippen molar-refractivity contribution in [2.75, 3.05) is 20.7 Å². The van der Waals surface area contributed by atoms with Crippen LogP contribution in [-0.4, -0.2) is 50.8 Å². The Labute approximate surface area is 140 Å². The van der Waals surface area contributed by atoms with Crippen LogP contribution in [0.4, 0.5) is 4.39 Å². The number of halogens is 1. The molecule has 7 nitrogen and oxygen atoms in total. The lowest BCUT2D eigenvalue weighted by Gasteiger charge is -2.20. The molecule has 1 aromatic carbocycles. The molecule has 0 aromatic heterocycles. The zero-order valence-electron chi connectivity index (χ0n) is 14.2. The number of esters is 1. The van der Waals surface area contributed by atoms with Gasteiger partial charge in [0.2, 0.25) is 10.0 Å². The van der Waals surface area contributed by atoms with Gasteiger partial charge in [-0.2, -0.15) is 0 Å². The van der Waals surface area contributed by atoms with Crippen LogP contribution in [0.2, 0.25) is 0 Å². The van der Waals surface area contributed by atoms with Crippen LogP contribution in [0.25, 0.3) is 0 Å². The van der Waals surface area contributed by atoms with Gasteiger partial charge in [0.05, 0.1) is 10.5 Å². The average Bonchev–Trinajstić information content (AvgIpc) is 2.43. The molecular formula is C15H21FN2O5S. The summed E-state index contributed by atoms with van der Waals surface area (Å²) in [4.78, 5) is 23.3. The third-order valence-corrected chi connectivity index (χ3v) is 4.60. The first-order valence-corrected chi connectivity index (χ1v) is 8.49. The van der Waals surface area contributed by atoms with Crippen LogP contribution in [0.1, 0.15) is 31.1 Å². The zero-order valence-corrected chi connectivity index (χ0v) is 15.0. The molecule has 0 fully saturated rings. The standard InChI is InChI=1S/C15H21FN2O5S/c1-15(2,3)17-13(19)9-23-14(20)11-8-10(6-7-12(11)16)24(21,22)18(4)5/h6-8H,9H2,1-5H3,(H,17,19). The maximum atomic E-state index is 13.8. The highest BCUT2D eigenvalue weighted by atomic mass is 32.2. The normalized spacial score (nSPS) is 12.1. The number of nitrogens with zero attached hydrogens (tertiary/aromatic N) is 1. The van der Waals surface area contributed by atoms with Gasteiger partial charge in [0, 0.05) is 19.6 Å². The first-order chi connectivity index (χ1) is 10.8. The molecule has 0 aliphatic heterocycles. The van der Waals surface area contributed by atoms with E-state index in [1.807, 2.05) is 0 Å². The largest absolute Gasteiger partial charge is 0.452 e. The van der Waals surface area contributed by atoms with E-state index < -0.39 is 45.4 Å². The minimum absolute atomic E-state index is 0.250. The summed E-state index contributed by atoms with van der Waals surface area (Å²) in [6.45, 7) is 4.66. The van der Waals surface area contributed by atoms with E-state index in [0.29, 0.717) is 0 Å². The minimum atomic E-state index is -3.83. The van der Waals surface area contributed by atoms with Crippen molar-refractivity contribution in [1.29, 1.82) is 0 Å².